The van der Waals surface area contributed by atoms with E-state index in [2.05, 4.69) is 26.1 Å². The lowest BCUT2D eigenvalue weighted by Gasteiger charge is -2.22. The van der Waals surface area contributed by atoms with Crippen LogP contribution in [0.25, 0.3) is 0 Å². The molecule has 0 bridgehead atoms. The Labute approximate surface area is 69.0 Å². The van der Waals surface area contributed by atoms with Gasteiger partial charge in [0.25, 0.3) is 0 Å². The van der Waals surface area contributed by atoms with E-state index in [1.807, 2.05) is 0 Å². The highest BCUT2D eigenvalue weighted by Crippen LogP contribution is 2.24. The molecule has 1 rings (SSSR count). The van der Waals surface area contributed by atoms with Crippen LogP contribution in [0.1, 0.15) is 33.6 Å². The van der Waals surface area contributed by atoms with E-state index in [1.165, 1.54) is 0 Å². The van der Waals surface area contributed by atoms with Gasteiger partial charge in [-0.2, -0.15) is 0 Å². The minimum atomic E-state index is -0.109. The van der Waals surface area contributed by atoms with Crippen molar-refractivity contribution in [3.05, 3.63) is 0 Å². The van der Waals surface area contributed by atoms with Crippen LogP contribution >= 0.6 is 0 Å². The number of rotatable bonds is 1. The van der Waals surface area contributed by atoms with Crippen LogP contribution in [0.15, 0.2) is 0 Å². The fraction of sp³-hybridized carbons (Fsp3) is 1.00. The number of aliphatic hydroxyl groups is 1. The molecule has 2 nitrogen and oxygen atoms in total. The van der Waals surface area contributed by atoms with Gasteiger partial charge in [-0.05, 0) is 18.3 Å². The van der Waals surface area contributed by atoms with Crippen molar-refractivity contribution in [1.29, 1.82) is 0 Å². The Hall–Kier alpha value is -0.0800. The van der Waals surface area contributed by atoms with Crippen molar-refractivity contribution in [2.24, 2.45) is 5.41 Å². The van der Waals surface area contributed by atoms with E-state index < -0.39 is 0 Å². The molecule has 0 aromatic carbocycles. The van der Waals surface area contributed by atoms with Crippen LogP contribution in [0.3, 0.4) is 0 Å². The molecule has 2 heteroatoms. The Morgan fingerprint density at radius 2 is 2.09 bits per heavy atom. The van der Waals surface area contributed by atoms with Crippen LogP contribution in [-0.2, 0) is 0 Å². The number of aliphatic hydroxyl groups excluding tert-OH is 1. The Bertz CT molecular complexity index is 128. The number of hydrogen-bond acceptors (Lipinski definition) is 2. The summed E-state index contributed by atoms with van der Waals surface area (Å²) in [6.07, 6.45) is 1.98. The first kappa shape index (κ1) is 9.01. The molecule has 1 aliphatic rings. The largest absolute Gasteiger partial charge is 0.392 e. The van der Waals surface area contributed by atoms with Crippen molar-refractivity contribution in [2.75, 3.05) is 6.54 Å². The van der Waals surface area contributed by atoms with E-state index in [9.17, 15) is 5.11 Å². The van der Waals surface area contributed by atoms with Crippen LogP contribution in [0.4, 0.5) is 0 Å². The minimum Gasteiger partial charge on any atom is -0.392 e. The highest BCUT2D eigenvalue weighted by Gasteiger charge is 2.25. The smallest absolute Gasteiger partial charge is 0.0679 e. The Kier molecular flexibility index (Phi) is 2.55. The molecule has 0 aromatic rings. The average Bonchev–Trinajstić information content (AvgIpc) is 2.10. The molecule has 2 atom stereocenters. The minimum absolute atomic E-state index is 0.109. The van der Waals surface area contributed by atoms with Gasteiger partial charge < -0.3 is 10.4 Å². The summed E-state index contributed by atoms with van der Waals surface area (Å²) in [4.78, 5) is 0. The molecule has 0 spiro atoms. The molecular weight excluding hydrogens is 138 g/mol. The van der Waals surface area contributed by atoms with E-state index >= 15 is 0 Å². The Morgan fingerprint density at radius 3 is 2.45 bits per heavy atom. The van der Waals surface area contributed by atoms with Gasteiger partial charge in [0.2, 0.25) is 0 Å². The maximum absolute atomic E-state index is 9.23. The standard InChI is InChI=1S/C9H19NO/c1-9(2,3)5-7-4-8(11)6-10-7/h7-8,10-11H,4-6H2,1-3H3. The molecule has 2 unspecified atom stereocenters. The van der Waals surface area contributed by atoms with Crippen LogP contribution in [0.2, 0.25) is 0 Å². The summed E-state index contributed by atoms with van der Waals surface area (Å²) < 4.78 is 0. The lowest BCUT2D eigenvalue weighted by Crippen LogP contribution is -2.26. The summed E-state index contributed by atoms with van der Waals surface area (Å²) in [5.74, 6) is 0. The first-order chi connectivity index (χ1) is 4.97. The van der Waals surface area contributed by atoms with E-state index in [0.717, 1.165) is 19.4 Å². The maximum Gasteiger partial charge on any atom is 0.0679 e. The van der Waals surface area contributed by atoms with E-state index in [4.69, 9.17) is 0 Å². The van der Waals surface area contributed by atoms with Gasteiger partial charge in [0.15, 0.2) is 0 Å². The van der Waals surface area contributed by atoms with Crippen molar-refractivity contribution in [1.82, 2.24) is 5.32 Å². The molecule has 11 heavy (non-hydrogen) atoms. The molecule has 0 amide bonds. The first-order valence-electron chi connectivity index (χ1n) is 4.39. The third-order valence-electron chi connectivity index (χ3n) is 2.06. The van der Waals surface area contributed by atoms with Crippen LogP contribution in [0.5, 0.6) is 0 Å². The summed E-state index contributed by atoms with van der Waals surface area (Å²) in [6, 6.07) is 0.532. The fourth-order valence-corrected chi connectivity index (χ4v) is 1.69. The first-order valence-corrected chi connectivity index (χ1v) is 4.39. The van der Waals surface area contributed by atoms with E-state index in [1.54, 1.807) is 0 Å². The summed E-state index contributed by atoms with van der Waals surface area (Å²) in [7, 11) is 0. The second kappa shape index (κ2) is 3.11. The van der Waals surface area contributed by atoms with Crippen molar-refractivity contribution < 1.29 is 5.11 Å². The maximum atomic E-state index is 9.23. The molecular formula is C9H19NO. The zero-order chi connectivity index (χ0) is 8.48. The lowest BCUT2D eigenvalue weighted by molar-refractivity contribution is 0.189. The third-order valence-corrected chi connectivity index (χ3v) is 2.06. The van der Waals surface area contributed by atoms with Gasteiger partial charge in [-0.1, -0.05) is 20.8 Å². The monoisotopic (exact) mass is 157 g/mol. The molecule has 66 valence electrons. The summed E-state index contributed by atoms with van der Waals surface area (Å²) in [5, 5.41) is 12.5. The zero-order valence-corrected chi connectivity index (χ0v) is 7.72. The second-order valence-electron chi connectivity index (χ2n) is 4.76. The molecule has 0 aromatic heterocycles. The van der Waals surface area contributed by atoms with E-state index in [0.29, 0.717) is 11.5 Å². The highest BCUT2D eigenvalue weighted by molar-refractivity contribution is 4.84. The summed E-state index contributed by atoms with van der Waals surface area (Å²) in [5.41, 5.74) is 0.377. The Morgan fingerprint density at radius 1 is 1.45 bits per heavy atom. The second-order valence-corrected chi connectivity index (χ2v) is 4.76. The predicted octanol–water partition coefficient (Wildman–Crippen LogP) is 1.15. The molecule has 0 radical (unpaired) electrons. The summed E-state index contributed by atoms with van der Waals surface area (Å²) in [6.45, 7) is 7.49. The quantitative estimate of drug-likeness (QED) is 0.598. The van der Waals surface area contributed by atoms with Gasteiger partial charge in [0.05, 0.1) is 6.10 Å². The van der Waals surface area contributed by atoms with Gasteiger partial charge in [0.1, 0.15) is 0 Å². The fourth-order valence-electron chi connectivity index (χ4n) is 1.69. The van der Waals surface area contributed by atoms with Crippen molar-refractivity contribution in [3.63, 3.8) is 0 Å². The lowest BCUT2D eigenvalue weighted by atomic mass is 9.87. The van der Waals surface area contributed by atoms with Crippen LogP contribution in [0, 0.1) is 5.41 Å². The number of β-amino-alcohol motifs (C(OH)–C–C–N with tert-alkyl or cyclic N) is 1. The SMILES string of the molecule is CC(C)(C)CC1CC(O)CN1. The topological polar surface area (TPSA) is 32.3 Å². The van der Waals surface area contributed by atoms with E-state index in [-0.39, 0.29) is 6.10 Å². The Balaban J connectivity index is 2.29. The van der Waals surface area contributed by atoms with Gasteiger partial charge in [-0.3, -0.25) is 0 Å². The number of hydrogen-bond donors (Lipinski definition) is 2. The molecule has 1 aliphatic heterocycles. The van der Waals surface area contributed by atoms with Gasteiger partial charge in [-0.15, -0.1) is 0 Å². The van der Waals surface area contributed by atoms with Crippen LogP contribution in [-0.4, -0.2) is 23.8 Å². The molecule has 0 aliphatic carbocycles. The third kappa shape index (κ3) is 3.21. The van der Waals surface area contributed by atoms with Gasteiger partial charge in [-0.25, -0.2) is 0 Å². The molecule has 1 saturated heterocycles. The van der Waals surface area contributed by atoms with Crippen molar-refractivity contribution in [3.8, 4) is 0 Å². The van der Waals surface area contributed by atoms with Gasteiger partial charge in [0, 0.05) is 12.6 Å². The van der Waals surface area contributed by atoms with Gasteiger partial charge >= 0.3 is 0 Å². The normalized spacial score (nSPS) is 32.7. The van der Waals surface area contributed by atoms with Crippen LogP contribution < -0.4 is 5.32 Å². The van der Waals surface area contributed by atoms with Crippen molar-refractivity contribution in [2.45, 2.75) is 45.8 Å². The molecule has 1 fully saturated rings. The number of nitrogens with one attached hydrogen (secondary N) is 1. The molecule has 2 N–H and O–H groups in total. The summed E-state index contributed by atoms with van der Waals surface area (Å²) >= 11 is 0. The highest BCUT2D eigenvalue weighted by atomic mass is 16.3. The average molecular weight is 157 g/mol. The molecule has 0 saturated carbocycles. The predicted molar refractivity (Wildman–Crippen MR) is 46.5 cm³/mol. The zero-order valence-electron chi connectivity index (χ0n) is 7.72. The van der Waals surface area contributed by atoms with Crippen molar-refractivity contribution >= 4 is 0 Å². The molecule has 1 heterocycles.